The molecule has 18 heavy (non-hydrogen) atoms. The van der Waals surface area contributed by atoms with Crippen LogP contribution in [0.2, 0.25) is 0 Å². The highest BCUT2D eigenvalue weighted by Crippen LogP contribution is 2.24. The van der Waals surface area contributed by atoms with E-state index in [1.165, 1.54) is 0 Å². The van der Waals surface area contributed by atoms with E-state index in [-0.39, 0.29) is 5.75 Å². The number of fused-ring (bicyclic) bond motifs is 1. The predicted octanol–water partition coefficient (Wildman–Crippen LogP) is 1.40. The number of nitrogens with zero attached hydrogens (tertiary/aromatic N) is 3. The predicted molar refractivity (Wildman–Crippen MR) is 65.1 cm³/mol. The highest BCUT2D eigenvalue weighted by Gasteiger charge is 2.23. The second kappa shape index (κ2) is 4.42. The standard InChI is InChI=1S/C13H15N3O2/c17-10-5-3-9(4-6-10)8-12-14-15-13-11(18)2-1-7-16(12)13/h3-6,11,17-18H,1-2,7-8H2. The van der Waals surface area contributed by atoms with Crippen LogP contribution < -0.4 is 0 Å². The summed E-state index contributed by atoms with van der Waals surface area (Å²) in [6.07, 6.45) is 1.89. The fraction of sp³-hybridized carbons (Fsp3) is 0.385. The lowest BCUT2D eigenvalue weighted by Gasteiger charge is -2.19. The first-order chi connectivity index (χ1) is 8.74. The van der Waals surface area contributed by atoms with Crippen LogP contribution in [0.4, 0.5) is 0 Å². The molecular weight excluding hydrogens is 230 g/mol. The van der Waals surface area contributed by atoms with Crippen LogP contribution in [0.1, 0.15) is 36.2 Å². The van der Waals surface area contributed by atoms with Gasteiger partial charge in [0, 0.05) is 13.0 Å². The van der Waals surface area contributed by atoms with E-state index in [2.05, 4.69) is 10.2 Å². The molecule has 5 heteroatoms. The highest BCUT2D eigenvalue weighted by atomic mass is 16.3. The molecule has 2 aromatic rings. The van der Waals surface area contributed by atoms with Gasteiger partial charge in [0.05, 0.1) is 0 Å². The molecule has 0 saturated carbocycles. The van der Waals surface area contributed by atoms with Crippen molar-refractivity contribution in [2.75, 3.05) is 0 Å². The summed E-state index contributed by atoms with van der Waals surface area (Å²) in [5, 5.41) is 27.3. The van der Waals surface area contributed by atoms with Gasteiger partial charge in [-0.05, 0) is 30.5 Å². The summed E-state index contributed by atoms with van der Waals surface area (Å²) in [5.41, 5.74) is 1.07. The van der Waals surface area contributed by atoms with Gasteiger partial charge in [0.25, 0.3) is 0 Å². The van der Waals surface area contributed by atoms with Gasteiger partial charge in [-0.1, -0.05) is 12.1 Å². The van der Waals surface area contributed by atoms with Crippen molar-refractivity contribution in [2.45, 2.75) is 31.9 Å². The minimum Gasteiger partial charge on any atom is -0.508 e. The van der Waals surface area contributed by atoms with Gasteiger partial charge < -0.3 is 14.8 Å². The van der Waals surface area contributed by atoms with Crippen LogP contribution in [0.15, 0.2) is 24.3 Å². The highest BCUT2D eigenvalue weighted by molar-refractivity contribution is 5.28. The smallest absolute Gasteiger partial charge is 0.161 e. The Morgan fingerprint density at radius 3 is 2.78 bits per heavy atom. The zero-order valence-electron chi connectivity index (χ0n) is 9.95. The number of hydrogen-bond acceptors (Lipinski definition) is 4. The van der Waals surface area contributed by atoms with Gasteiger partial charge in [-0.3, -0.25) is 0 Å². The monoisotopic (exact) mass is 245 g/mol. The molecule has 1 aromatic carbocycles. The topological polar surface area (TPSA) is 71.2 Å². The van der Waals surface area contributed by atoms with Crippen LogP contribution in [-0.4, -0.2) is 25.0 Å². The van der Waals surface area contributed by atoms with E-state index >= 15 is 0 Å². The van der Waals surface area contributed by atoms with Gasteiger partial charge in [-0.2, -0.15) is 0 Å². The second-order valence-electron chi connectivity index (χ2n) is 4.63. The first-order valence-electron chi connectivity index (χ1n) is 6.12. The number of hydrogen-bond donors (Lipinski definition) is 2. The van der Waals surface area contributed by atoms with Crippen molar-refractivity contribution in [1.29, 1.82) is 0 Å². The molecule has 0 spiro atoms. The molecule has 1 aliphatic rings. The number of aliphatic hydroxyl groups is 1. The van der Waals surface area contributed by atoms with Crippen LogP contribution in [0.25, 0.3) is 0 Å². The molecule has 2 heterocycles. The van der Waals surface area contributed by atoms with Gasteiger partial charge in [-0.25, -0.2) is 0 Å². The molecule has 1 aliphatic heterocycles. The second-order valence-corrected chi connectivity index (χ2v) is 4.63. The molecule has 1 aromatic heterocycles. The largest absolute Gasteiger partial charge is 0.508 e. The summed E-state index contributed by atoms with van der Waals surface area (Å²) in [7, 11) is 0. The maximum atomic E-state index is 9.82. The molecule has 2 N–H and O–H groups in total. The quantitative estimate of drug-likeness (QED) is 0.839. The van der Waals surface area contributed by atoms with E-state index in [1.807, 2.05) is 16.7 Å². The van der Waals surface area contributed by atoms with Crippen LogP contribution in [0.5, 0.6) is 5.75 Å². The van der Waals surface area contributed by atoms with Crippen molar-refractivity contribution in [3.05, 3.63) is 41.5 Å². The van der Waals surface area contributed by atoms with Crippen molar-refractivity contribution in [3.8, 4) is 5.75 Å². The van der Waals surface area contributed by atoms with Gasteiger partial charge in [-0.15, -0.1) is 10.2 Å². The van der Waals surface area contributed by atoms with Crippen molar-refractivity contribution in [3.63, 3.8) is 0 Å². The molecule has 5 nitrogen and oxygen atoms in total. The zero-order chi connectivity index (χ0) is 12.5. The minimum atomic E-state index is -0.486. The number of aromatic nitrogens is 3. The number of phenols is 1. The molecular formula is C13H15N3O2. The van der Waals surface area contributed by atoms with Crippen molar-refractivity contribution >= 4 is 0 Å². The van der Waals surface area contributed by atoms with E-state index in [0.717, 1.165) is 30.8 Å². The van der Waals surface area contributed by atoms with Gasteiger partial charge in [0.15, 0.2) is 5.82 Å². The lowest BCUT2D eigenvalue weighted by molar-refractivity contribution is 0.133. The van der Waals surface area contributed by atoms with Crippen LogP contribution in [0, 0.1) is 0 Å². The molecule has 1 unspecified atom stereocenters. The molecule has 0 bridgehead atoms. The number of benzene rings is 1. The molecule has 0 saturated heterocycles. The molecule has 0 fully saturated rings. The lowest BCUT2D eigenvalue weighted by atomic mass is 10.1. The Morgan fingerprint density at radius 2 is 2.00 bits per heavy atom. The SMILES string of the molecule is Oc1ccc(Cc2nnc3n2CCCC3O)cc1. The normalized spacial score (nSPS) is 18.6. The Bertz CT molecular complexity index is 548. The van der Waals surface area contributed by atoms with Gasteiger partial charge >= 0.3 is 0 Å². The van der Waals surface area contributed by atoms with Gasteiger partial charge in [0.1, 0.15) is 17.7 Å². The summed E-state index contributed by atoms with van der Waals surface area (Å²) >= 11 is 0. The number of rotatable bonds is 2. The average Bonchev–Trinajstić information content (AvgIpc) is 2.77. The molecule has 94 valence electrons. The molecule has 0 amide bonds. The minimum absolute atomic E-state index is 0.262. The number of aromatic hydroxyl groups is 1. The van der Waals surface area contributed by atoms with E-state index in [9.17, 15) is 10.2 Å². The molecule has 0 aliphatic carbocycles. The van der Waals surface area contributed by atoms with Crippen molar-refractivity contribution in [2.24, 2.45) is 0 Å². The zero-order valence-corrected chi connectivity index (χ0v) is 9.95. The Labute approximate surface area is 105 Å². The summed E-state index contributed by atoms with van der Waals surface area (Å²) < 4.78 is 2.00. The van der Waals surface area contributed by atoms with E-state index in [0.29, 0.717) is 12.2 Å². The fourth-order valence-electron chi connectivity index (χ4n) is 2.34. The van der Waals surface area contributed by atoms with E-state index < -0.39 is 6.10 Å². The Kier molecular flexibility index (Phi) is 2.76. The summed E-state index contributed by atoms with van der Waals surface area (Å²) in [5.74, 6) is 1.81. The van der Waals surface area contributed by atoms with Crippen LogP contribution >= 0.6 is 0 Å². The molecule has 1 atom stereocenters. The Hall–Kier alpha value is -1.88. The van der Waals surface area contributed by atoms with E-state index in [1.54, 1.807) is 12.1 Å². The first-order valence-corrected chi connectivity index (χ1v) is 6.12. The maximum absolute atomic E-state index is 9.82. The summed E-state index contributed by atoms with van der Waals surface area (Å²) in [6, 6.07) is 7.07. The summed E-state index contributed by atoms with van der Waals surface area (Å²) in [6.45, 7) is 0.868. The number of aliphatic hydroxyl groups excluding tert-OH is 1. The molecule has 3 rings (SSSR count). The average molecular weight is 245 g/mol. The lowest BCUT2D eigenvalue weighted by Crippen LogP contribution is -2.17. The third-order valence-corrected chi connectivity index (χ3v) is 3.31. The van der Waals surface area contributed by atoms with Crippen LogP contribution in [-0.2, 0) is 13.0 Å². The van der Waals surface area contributed by atoms with Gasteiger partial charge in [0.2, 0.25) is 0 Å². The summed E-state index contributed by atoms with van der Waals surface area (Å²) in [4.78, 5) is 0. The Morgan fingerprint density at radius 1 is 1.22 bits per heavy atom. The van der Waals surface area contributed by atoms with Crippen molar-refractivity contribution in [1.82, 2.24) is 14.8 Å². The third kappa shape index (κ3) is 1.97. The fourth-order valence-corrected chi connectivity index (χ4v) is 2.34. The maximum Gasteiger partial charge on any atom is 0.161 e. The first kappa shape index (κ1) is 11.2. The van der Waals surface area contributed by atoms with Crippen molar-refractivity contribution < 1.29 is 10.2 Å². The Balaban J connectivity index is 1.87. The third-order valence-electron chi connectivity index (χ3n) is 3.31. The number of phenolic OH excluding ortho intramolecular Hbond substituents is 1. The van der Waals surface area contributed by atoms with E-state index in [4.69, 9.17) is 0 Å². The van der Waals surface area contributed by atoms with Crippen LogP contribution in [0.3, 0.4) is 0 Å². The molecule has 0 radical (unpaired) electrons.